The Hall–Kier alpha value is -2.28. The van der Waals surface area contributed by atoms with Gasteiger partial charge in [0.25, 0.3) is 0 Å². The molecule has 1 amide bonds. The standard InChI is InChI=1S/C16H19N3O/c1-16(2,11-19-15(20)8-5-9-17)13-10-18-14-7-4-3-6-12(13)14/h3-4,6-7,10,18H,5,8,11H2,1-2H3,(H,19,20). The molecule has 4 nitrogen and oxygen atoms in total. The maximum absolute atomic E-state index is 11.6. The highest BCUT2D eigenvalue weighted by molar-refractivity contribution is 5.84. The van der Waals surface area contributed by atoms with Crippen LogP contribution in [0.25, 0.3) is 10.9 Å². The molecule has 4 heteroatoms. The molecule has 1 heterocycles. The summed E-state index contributed by atoms with van der Waals surface area (Å²) in [4.78, 5) is 14.9. The van der Waals surface area contributed by atoms with Gasteiger partial charge < -0.3 is 10.3 Å². The lowest BCUT2D eigenvalue weighted by molar-refractivity contribution is -0.121. The van der Waals surface area contributed by atoms with Crippen molar-refractivity contribution in [3.8, 4) is 6.07 Å². The van der Waals surface area contributed by atoms with Crippen molar-refractivity contribution in [1.82, 2.24) is 10.3 Å². The normalized spacial score (nSPS) is 11.2. The molecule has 2 aromatic rings. The molecule has 104 valence electrons. The Morgan fingerprint density at radius 3 is 2.90 bits per heavy atom. The van der Waals surface area contributed by atoms with Crippen LogP contribution in [0.3, 0.4) is 0 Å². The monoisotopic (exact) mass is 269 g/mol. The average molecular weight is 269 g/mol. The van der Waals surface area contributed by atoms with Crippen LogP contribution in [-0.4, -0.2) is 17.4 Å². The molecule has 0 aliphatic rings. The molecule has 0 fully saturated rings. The number of amides is 1. The number of H-pyrrole nitrogens is 1. The fraction of sp³-hybridized carbons (Fsp3) is 0.375. The third-order valence-corrected chi connectivity index (χ3v) is 3.51. The minimum Gasteiger partial charge on any atom is -0.361 e. The van der Waals surface area contributed by atoms with Crippen molar-refractivity contribution >= 4 is 16.8 Å². The van der Waals surface area contributed by atoms with Gasteiger partial charge in [-0.3, -0.25) is 4.79 Å². The Kier molecular flexibility index (Phi) is 4.09. The number of fused-ring (bicyclic) bond motifs is 1. The second-order valence-electron chi connectivity index (χ2n) is 5.57. The van der Waals surface area contributed by atoms with E-state index in [0.29, 0.717) is 6.54 Å². The number of para-hydroxylation sites is 1. The van der Waals surface area contributed by atoms with E-state index >= 15 is 0 Å². The molecule has 0 bridgehead atoms. The summed E-state index contributed by atoms with van der Waals surface area (Å²) >= 11 is 0. The first-order chi connectivity index (χ1) is 9.54. The lowest BCUT2D eigenvalue weighted by Crippen LogP contribution is -2.36. The SMILES string of the molecule is CC(C)(CNC(=O)CCC#N)c1c[nH]c2ccccc12. The molecule has 20 heavy (non-hydrogen) atoms. The number of rotatable bonds is 5. The fourth-order valence-electron chi connectivity index (χ4n) is 2.30. The van der Waals surface area contributed by atoms with Crippen LogP contribution in [0.4, 0.5) is 0 Å². The first-order valence-corrected chi connectivity index (χ1v) is 6.75. The molecule has 2 N–H and O–H groups in total. The molecular formula is C16H19N3O. The van der Waals surface area contributed by atoms with Crippen LogP contribution in [0, 0.1) is 11.3 Å². The predicted octanol–water partition coefficient (Wildman–Crippen LogP) is 2.87. The number of carbonyl (C=O) groups excluding carboxylic acids is 1. The molecule has 0 unspecified atom stereocenters. The van der Waals surface area contributed by atoms with Gasteiger partial charge in [-0.1, -0.05) is 32.0 Å². The van der Waals surface area contributed by atoms with E-state index < -0.39 is 0 Å². The second kappa shape index (κ2) is 5.79. The van der Waals surface area contributed by atoms with E-state index in [1.54, 1.807) is 0 Å². The third kappa shape index (κ3) is 3.00. The minimum absolute atomic E-state index is 0.0699. The number of hydrogen-bond acceptors (Lipinski definition) is 2. The van der Waals surface area contributed by atoms with Crippen molar-refractivity contribution < 1.29 is 4.79 Å². The van der Waals surface area contributed by atoms with Gasteiger partial charge in [-0.05, 0) is 11.6 Å². The number of benzene rings is 1. The first-order valence-electron chi connectivity index (χ1n) is 6.75. The number of carbonyl (C=O) groups is 1. The first kappa shape index (κ1) is 14.1. The number of nitrogens with zero attached hydrogens (tertiary/aromatic N) is 1. The summed E-state index contributed by atoms with van der Waals surface area (Å²) in [6.45, 7) is 4.76. The average Bonchev–Trinajstić information content (AvgIpc) is 2.87. The smallest absolute Gasteiger partial charge is 0.221 e. The largest absolute Gasteiger partial charge is 0.361 e. The molecule has 0 saturated carbocycles. The number of aromatic nitrogens is 1. The highest BCUT2D eigenvalue weighted by atomic mass is 16.1. The van der Waals surface area contributed by atoms with E-state index in [0.717, 1.165) is 5.52 Å². The van der Waals surface area contributed by atoms with Gasteiger partial charge in [0.2, 0.25) is 5.91 Å². The zero-order chi connectivity index (χ0) is 14.6. The number of nitrogens with one attached hydrogen (secondary N) is 2. The van der Waals surface area contributed by atoms with Gasteiger partial charge in [0.15, 0.2) is 0 Å². The maximum atomic E-state index is 11.6. The Bertz CT molecular complexity index is 649. The van der Waals surface area contributed by atoms with E-state index in [1.807, 2.05) is 30.5 Å². The summed E-state index contributed by atoms with van der Waals surface area (Å²) in [5.41, 5.74) is 2.13. The maximum Gasteiger partial charge on any atom is 0.221 e. The van der Waals surface area contributed by atoms with E-state index in [9.17, 15) is 4.79 Å². The predicted molar refractivity (Wildman–Crippen MR) is 79.2 cm³/mol. The Morgan fingerprint density at radius 2 is 2.15 bits per heavy atom. The van der Waals surface area contributed by atoms with E-state index in [-0.39, 0.29) is 24.2 Å². The summed E-state index contributed by atoms with van der Waals surface area (Å²) in [5.74, 6) is -0.0699. The van der Waals surface area contributed by atoms with Crippen molar-refractivity contribution in [2.45, 2.75) is 32.1 Å². The minimum atomic E-state index is -0.165. The van der Waals surface area contributed by atoms with Crippen LogP contribution < -0.4 is 5.32 Å². The van der Waals surface area contributed by atoms with E-state index in [1.165, 1.54) is 10.9 Å². The molecule has 1 aromatic heterocycles. The van der Waals surface area contributed by atoms with E-state index in [2.05, 4.69) is 30.2 Å². The lowest BCUT2D eigenvalue weighted by atomic mass is 9.84. The second-order valence-corrected chi connectivity index (χ2v) is 5.57. The molecule has 2 rings (SSSR count). The van der Waals surface area contributed by atoms with E-state index in [4.69, 9.17) is 5.26 Å². The Morgan fingerprint density at radius 1 is 1.40 bits per heavy atom. The summed E-state index contributed by atoms with van der Waals surface area (Å²) in [7, 11) is 0. The van der Waals surface area contributed by atoms with Gasteiger partial charge >= 0.3 is 0 Å². The number of nitriles is 1. The number of hydrogen-bond donors (Lipinski definition) is 2. The zero-order valence-corrected chi connectivity index (χ0v) is 11.9. The van der Waals surface area contributed by atoms with Gasteiger partial charge in [0, 0.05) is 41.9 Å². The van der Waals surface area contributed by atoms with Gasteiger partial charge in [-0.15, -0.1) is 0 Å². The topological polar surface area (TPSA) is 68.7 Å². The van der Waals surface area contributed by atoms with Crippen molar-refractivity contribution in [3.63, 3.8) is 0 Å². The van der Waals surface area contributed by atoms with Crippen molar-refractivity contribution in [2.24, 2.45) is 0 Å². The molecule has 0 aliphatic heterocycles. The Labute approximate surface area is 118 Å². The van der Waals surface area contributed by atoms with Gasteiger partial charge in [-0.25, -0.2) is 0 Å². The fourth-order valence-corrected chi connectivity index (χ4v) is 2.30. The van der Waals surface area contributed by atoms with Crippen molar-refractivity contribution in [1.29, 1.82) is 5.26 Å². The van der Waals surface area contributed by atoms with Crippen LogP contribution in [0.1, 0.15) is 32.3 Å². The van der Waals surface area contributed by atoms with Crippen molar-refractivity contribution in [2.75, 3.05) is 6.54 Å². The highest BCUT2D eigenvalue weighted by Gasteiger charge is 2.24. The highest BCUT2D eigenvalue weighted by Crippen LogP contribution is 2.29. The Balaban J connectivity index is 2.10. The summed E-state index contributed by atoms with van der Waals surface area (Å²) in [5, 5.41) is 12.6. The zero-order valence-electron chi connectivity index (χ0n) is 11.9. The number of aromatic amines is 1. The van der Waals surface area contributed by atoms with Crippen LogP contribution in [0.2, 0.25) is 0 Å². The van der Waals surface area contributed by atoms with Gasteiger partial charge in [0.05, 0.1) is 6.07 Å². The molecule has 1 aromatic carbocycles. The summed E-state index contributed by atoms with van der Waals surface area (Å²) in [6.07, 6.45) is 2.53. The van der Waals surface area contributed by atoms with Crippen molar-refractivity contribution in [3.05, 3.63) is 36.0 Å². The summed E-state index contributed by atoms with van der Waals surface area (Å²) in [6, 6.07) is 10.1. The van der Waals surface area contributed by atoms with Crippen LogP contribution in [0.5, 0.6) is 0 Å². The van der Waals surface area contributed by atoms with Crippen LogP contribution in [-0.2, 0) is 10.2 Å². The summed E-state index contributed by atoms with van der Waals surface area (Å²) < 4.78 is 0. The third-order valence-electron chi connectivity index (χ3n) is 3.51. The molecule has 0 aliphatic carbocycles. The molecule has 0 radical (unpaired) electrons. The van der Waals surface area contributed by atoms with Crippen LogP contribution in [0.15, 0.2) is 30.5 Å². The van der Waals surface area contributed by atoms with Gasteiger partial charge in [-0.2, -0.15) is 5.26 Å². The van der Waals surface area contributed by atoms with Gasteiger partial charge in [0.1, 0.15) is 0 Å². The molecule has 0 spiro atoms. The lowest BCUT2D eigenvalue weighted by Gasteiger charge is -2.24. The van der Waals surface area contributed by atoms with Crippen LogP contribution >= 0.6 is 0 Å². The molecular weight excluding hydrogens is 250 g/mol. The molecule has 0 atom stereocenters. The quantitative estimate of drug-likeness (QED) is 0.876. The molecule has 0 saturated heterocycles.